The van der Waals surface area contributed by atoms with Gasteiger partial charge in [0.15, 0.2) is 0 Å². The van der Waals surface area contributed by atoms with Crippen LogP contribution in [0.5, 0.6) is 0 Å². The van der Waals surface area contributed by atoms with E-state index < -0.39 is 0 Å². The molecular weight excluding hydrogens is 250 g/mol. The minimum Gasteiger partial charge on any atom is -0.350 e. The van der Waals surface area contributed by atoms with Gasteiger partial charge >= 0.3 is 0 Å². The fraction of sp³-hybridized carbons (Fsp3) is 0.583. The Balaban J connectivity index is 1.84. The number of rotatable bonds is 1. The number of aromatic nitrogens is 1. The van der Waals surface area contributed by atoms with Crippen molar-refractivity contribution in [2.75, 3.05) is 6.54 Å². The number of fused-ring (bicyclic) bond motifs is 1. The molecule has 6 heteroatoms. The first-order chi connectivity index (χ1) is 8.75. The Kier molecular flexibility index (Phi) is 3.03. The number of piperazine rings is 1. The second-order valence-electron chi connectivity index (χ2n) is 4.82. The second kappa shape index (κ2) is 4.68. The molecule has 2 fully saturated rings. The van der Waals surface area contributed by atoms with E-state index in [-0.39, 0.29) is 30.4 Å². The molecule has 0 bridgehead atoms. The van der Waals surface area contributed by atoms with Crippen LogP contribution in [0.4, 0.5) is 0 Å². The number of hydrogen-bond donors (Lipinski definition) is 1. The maximum atomic E-state index is 12.4. The van der Waals surface area contributed by atoms with E-state index in [1.807, 2.05) is 0 Å². The van der Waals surface area contributed by atoms with Crippen LogP contribution < -0.4 is 5.32 Å². The molecule has 18 heavy (non-hydrogen) atoms. The molecule has 0 aromatic carbocycles. The molecule has 2 atom stereocenters. The van der Waals surface area contributed by atoms with Crippen LogP contribution in [0.15, 0.2) is 11.7 Å². The van der Waals surface area contributed by atoms with Crippen LogP contribution in [-0.2, 0) is 4.79 Å². The Bertz CT molecular complexity index is 460. The van der Waals surface area contributed by atoms with Crippen LogP contribution in [0.3, 0.4) is 0 Å². The van der Waals surface area contributed by atoms with E-state index in [4.69, 9.17) is 0 Å². The zero-order chi connectivity index (χ0) is 12.5. The minimum absolute atomic E-state index is 0.0454. The molecule has 1 saturated heterocycles. The third kappa shape index (κ3) is 2.01. The number of carbonyl (C=O) groups is 2. The first-order valence-electron chi connectivity index (χ1n) is 6.24. The normalized spacial score (nSPS) is 27.6. The highest BCUT2D eigenvalue weighted by Crippen LogP contribution is 2.27. The van der Waals surface area contributed by atoms with Crippen LogP contribution >= 0.6 is 11.3 Å². The largest absolute Gasteiger partial charge is 0.350 e. The lowest BCUT2D eigenvalue weighted by molar-refractivity contribution is -0.127. The molecule has 2 amide bonds. The number of nitrogens with one attached hydrogen (secondary N) is 1. The summed E-state index contributed by atoms with van der Waals surface area (Å²) >= 11 is 1.33. The van der Waals surface area contributed by atoms with Crippen LogP contribution in [-0.4, -0.2) is 40.3 Å². The third-order valence-electron chi connectivity index (χ3n) is 3.69. The van der Waals surface area contributed by atoms with E-state index in [9.17, 15) is 9.59 Å². The van der Waals surface area contributed by atoms with Crippen molar-refractivity contribution in [3.05, 3.63) is 16.6 Å². The standard InChI is InChI=1S/C12H15N3O2S/c16-11-6-15(12(17)10-5-13-7-18-10)9-4-2-1-3-8(9)14-11/h5,7-9H,1-4,6H2,(H,14,16). The fourth-order valence-electron chi connectivity index (χ4n) is 2.86. The summed E-state index contributed by atoms with van der Waals surface area (Å²) in [5.74, 6) is -0.0970. The van der Waals surface area contributed by atoms with Crippen LogP contribution in [0.1, 0.15) is 35.4 Å². The molecule has 1 aromatic rings. The summed E-state index contributed by atoms with van der Waals surface area (Å²) in [6.45, 7) is 0.178. The van der Waals surface area contributed by atoms with Gasteiger partial charge in [-0.1, -0.05) is 12.8 Å². The third-order valence-corrected chi connectivity index (χ3v) is 4.46. The molecule has 1 saturated carbocycles. The zero-order valence-corrected chi connectivity index (χ0v) is 10.8. The predicted octanol–water partition coefficient (Wildman–Crippen LogP) is 1.03. The highest BCUT2D eigenvalue weighted by atomic mass is 32.1. The Labute approximate surface area is 109 Å². The lowest BCUT2D eigenvalue weighted by Crippen LogP contribution is -2.62. The van der Waals surface area contributed by atoms with Gasteiger partial charge in [0.2, 0.25) is 5.91 Å². The molecule has 0 spiro atoms. The molecule has 2 heterocycles. The van der Waals surface area contributed by atoms with Crippen molar-refractivity contribution in [2.24, 2.45) is 0 Å². The smallest absolute Gasteiger partial charge is 0.266 e. The second-order valence-corrected chi connectivity index (χ2v) is 5.71. The first-order valence-corrected chi connectivity index (χ1v) is 7.12. The summed E-state index contributed by atoms with van der Waals surface area (Å²) in [7, 11) is 0. The average molecular weight is 265 g/mol. The molecular formula is C12H15N3O2S. The van der Waals surface area contributed by atoms with Gasteiger partial charge in [-0.05, 0) is 12.8 Å². The van der Waals surface area contributed by atoms with Crippen molar-refractivity contribution in [2.45, 2.75) is 37.8 Å². The van der Waals surface area contributed by atoms with Crippen molar-refractivity contribution >= 4 is 23.2 Å². The summed E-state index contributed by atoms with van der Waals surface area (Å²) in [5, 5.41) is 3.00. The number of thiazole rings is 1. The number of hydrogen-bond acceptors (Lipinski definition) is 4. The molecule has 96 valence electrons. The molecule has 1 aromatic heterocycles. The predicted molar refractivity (Wildman–Crippen MR) is 67.3 cm³/mol. The molecule has 0 radical (unpaired) electrons. The van der Waals surface area contributed by atoms with Crippen LogP contribution in [0, 0.1) is 0 Å². The Morgan fingerprint density at radius 2 is 2.28 bits per heavy atom. The minimum atomic E-state index is -0.0516. The van der Waals surface area contributed by atoms with Crippen molar-refractivity contribution in [1.82, 2.24) is 15.2 Å². The van der Waals surface area contributed by atoms with Gasteiger partial charge in [0.1, 0.15) is 11.4 Å². The zero-order valence-electron chi connectivity index (χ0n) is 9.96. The maximum absolute atomic E-state index is 12.4. The van der Waals surface area contributed by atoms with E-state index in [2.05, 4.69) is 10.3 Å². The molecule has 5 nitrogen and oxygen atoms in total. The average Bonchev–Trinajstić information content (AvgIpc) is 2.90. The fourth-order valence-corrected chi connectivity index (χ4v) is 3.44. The van der Waals surface area contributed by atoms with E-state index >= 15 is 0 Å². The maximum Gasteiger partial charge on any atom is 0.266 e. The van der Waals surface area contributed by atoms with Gasteiger partial charge in [-0.3, -0.25) is 14.6 Å². The topological polar surface area (TPSA) is 62.3 Å². The summed E-state index contributed by atoms with van der Waals surface area (Å²) < 4.78 is 0. The number of carbonyl (C=O) groups excluding carboxylic acids is 2. The van der Waals surface area contributed by atoms with Crippen molar-refractivity contribution in [3.8, 4) is 0 Å². The number of amides is 2. The van der Waals surface area contributed by atoms with Gasteiger partial charge in [-0.25, -0.2) is 0 Å². The summed E-state index contributed by atoms with van der Waals surface area (Å²) in [6.07, 6.45) is 5.79. The van der Waals surface area contributed by atoms with Gasteiger partial charge in [0, 0.05) is 6.04 Å². The first kappa shape index (κ1) is 11.6. The van der Waals surface area contributed by atoms with E-state index in [0.29, 0.717) is 4.88 Å². The van der Waals surface area contributed by atoms with Crippen molar-refractivity contribution in [1.29, 1.82) is 0 Å². The Morgan fingerprint density at radius 3 is 3.06 bits per heavy atom. The monoisotopic (exact) mass is 265 g/mol. The van der Waals surface area contributed by atoms with Gasteiger partial charge in [0.05, 0.1) is 17.7 Å². The molecule has 3 rings (SSSR count). The van der Waals surface area contributed by atoms with Crippen molar-refractivity contribution in [3.63, 3.8) is 0 Å². The van der Waals surface area contributed by atoms with Crippen LogP contribution in [0.25, 0.3) is 0 Å². The highest BCUT2D eigenvalue weighted by Gasteiger charge is 2.39. The Hall–Kier alpha value is -1.43. The SMILES string of the molecule is O=C1CN(C(=O)c2cncs2)C2CCCCC2N1. The van der Waals surface area contributed by atoms with E-state index in [1.165, 1.54) is 11.3 Å². The quantitative estimate of drug-likeness (QED) is 0.825. The van der Waals surface area contributed by atoms with Gasteiger partial charge in [-0.2, -0.15) is 0 Å². The Morgan fingerprint density at radius 1 is 1.44 bits per heavy atom. The summed E-state index contributed by atoms with van der Waals surface area (Å²) in [4.78, 5) is 30.3. The summed E-state index contributed by atoms with van der Waals surface area (Å²) in [6, 6.07) is 0.294. The molecule has 2 unspecified atom stereocenters. The number of nitrogens with zero attached hydrogens (tertiary/aromatic N) is 2. The molecule has 1 aliphatic carbocycles. The highest BCUT2D eigenvalue weighted by molar-refractivity contribution is 7.11. The summed E-state index contributed by atoms with van der Waals surface area (Å²) in [5.41, 5.74) is 1.65. The lowest BCUT2D eigenvalue weighted by atomic mass is 9.87. The van der Waals surface area contributed by atoms with E-state index in [1.54, 1.807) is 16.6 Å². The van der Waals surface area contributed by atoms with Gasteiger partial charge < -0.3 is 10.2 Å². The van der Waals surface area contributed by atoms with Crippen molar-refractivity contribution < 1.29 is 9.59 Å². The van der Waals surface area contributed by atoms with Gasteiger partial charge in [-0.15, -0.1) is 11.3 Å². The molecule has 1 aliphatic heterocycles. The molecule has 1 N–H and O–H groups in total. The molecule has 2 aliphatic rings. The van der Waals surface area contributed by atoms with Crippen LogP contribution in [0.2, 0.25) is 0 Å². The lowest BCUT2D eigenvalue weighted by Gasteiger charge is -2.43. The van der Waals surface area contributed by atoms with E-state index in [0.717, 1.165) is 25.7 Å². The van der Waals surface area contributed by atoms with Gasteiger partial charge in [0.25, 0.3) is 5.91 Å².